The third-order valence-corrected chi connectivity index (χ3v) is 8.12. The first-order chi connectivity index (χ1) is 24.2. The number of ether oxygens (including phenoxy) is 2. The maximum Gasteiger partial charge on any atom is 0.320 e. The number of benzene rings is 1. The predicted molar refractivity (Wildman–Crippen MR) is 180 cm³/mol. The molecule has 0 spiro atoms. The molecule has 51 heavy (non-hydrogen) atoms. The second-order valence-corrected chi connectivity index (χ2v) is 12.6. The summed E-state index contributed by atoms with van der Waals surface area (Å²) in [4.78, 5) is 54.8. The van der Waals surface area contributed by atoms with Gasteiger partial charge in [-0.05, 0) is 36.5 Å². The molecule has 0 unspecified atom stereocenters. The van der Waals surface area contributed by atoms with Crippen molar-refractivity contribution < 1.29 is 54.5 Å². The Morgan fingerprint density at radius 2 is 1.75 bits per heavy atom. The van der Waals surface area contributed by atoms with Crippen LogP contribution < -0.4 is 21.3 Å². The van der Waals surface area contributed by atoms with Gasteiger partial charge < -0.3 is 56.1 Å². The summed E-state index contributed by atoms with van der Waals surface area (Å²) in [6, 6.07) is 6.35. The van der Waals surface area contributed by atoms with E-state index in [1.165, 1.54) is 6.20 Å². The van der Waals surface area contributed by atoms with Gasteiger partial charge >= 0.3 is 11.9 Å². The molecule has 19 heteroatoms. The van der Waals surface area contributed by atoms with Crippen molar-refractivity contribution >= 4 is 46.5 Å². The highest BCUT2D eigenvalue weighted by Gasteiger charge is 2.45. The Labute approximate surface area is 292 Å². The lowest BCUT2D eigenvalue weighted by atomic mass is 9.99. The van der Waals surface area contributed by atoms with Crippen LogP contribution in [0.5, 0.6) is 0 Å². The summed E-state index contributed by atoms with van der Waals surface area (Å²) in [6.45, 7) is 3.58. The van der Waals surface area contributed by atoms with Gasteiger partial charge in [0.25, 0.3) is 5.91 Å². The van der Waals surface area contributed by atoms with Crippen LogP contribution >= 0.6 is 0 Å². The van der Waals surface area contributed by atoms with E-state index in [0.717, 1.165) is 11.3 Å². The maximum absolute atomic E-state index is 13.3. The fraction of sp³-hybridized carbons (Fsp3) is 0.531. The van der Waals surface area contributed by atoms with E-state index in [4.69, 9.17) is 20.3 Å². The molecule has 7 atom stereocenters. The lowest BCUT2D eigenvalue weighted by molar-refractivity contribution is -0.309. The second-order valence-electron chi connectivity index (χ2n) is 12.6. The van der Waals surface area contributed by atoms with Crippen molar-refractivity contribution in [3.8, 4) is 0 Å². The Bertz CT molecular complexity index is 1660. The van der Waals surface area contributed by atoms with Gasteiger partial charge in [0.15, 0.2) is 23.3 Å². The average Bonchev–Trinajstić information content (AvgIpc) is 3.08. The predicted octanol–water partition coefficient (Wildman–Crippen LogP) is -0.784. The summed E-state index contributed by atoms with van der Waals surface area (Å²) in [5.41, 5.74) is 8.68. The monoisotopic (exact) mass is 716 g/mol. The lowest BCUT2D eigenvalue weighted by Gasteiger charge is -2.40. The summed E-state index contributed by atoms with van der Waals surface area (Å²) in [6.07, 6.45) is -7.53. The molecule has 0 aliphatic carbocycles. The summed E-state index contributed by atoms with van der Waals surface area (Å²) in [5.74, 6) is -3.17. The molecule has 19 nitrogen and oxygen atoms in total. The molecule has 278 valence electrons. The molecule has 1 amide bonds. The molecule has 1 aliphatic heterocycles. The van der Waals surface area contributed by atoms with E-state index in [2.05, 4.69) is 30.6 Å². The number of carbonyl (C=O) groups excluding carboxylic acids is 1. The molecule has 3 heterocycles. The fourth-order valence-electron chi connectivity index (χ4n) is 5.31. The molecule has 1 saturated heterocycles. The van der Waals surface area contributed by atoms with Crippen molar-refractivity contribution in [3.63, 3.8) is 0 Å². The molecule has 1 fully saturated rings. The number of aromatic nitrogens is 4. The number of amides is 1. The average molecular weight is 717 g/mol. The van der Waals surface area contributed by atoms with Gasteiger partial charge in [-0.1, -0.05) is 26.0 Å². The maximum atomic E-state index is 13.3. The molecule has 0 radical (unpaired) electrons. The van der Waals surface area contributed by atoms with Crippen LogP contribution in [0.2, 0.25) is 0 Å². The minimum atomic E-state index is -1.69. The molecule has 3 aromatic rings. The molecule has 0 bridgehead atoms. The third-order valence-electron chi connectivity index (χ3n) is 8.12. The summed E-state index contributed by atoms with van der Waals surface area (Å²) in [5, 5.41) is 63.7. The van der Waals surface area contributed by atoms with Crippen molar-refractivity contribution in [2.75, 3.05) is 29.6 Å². The normalized spacial score (nSPS) is 21.7. The summed E-state index contributed by atoms with van der Waals surface area (Å²) < 4.78 is 11.1. The number of hydrogen-bond donors (Lipinski definition) is 9. The van der Waals surface area contributed by atoms with Gasteiger partial charge in [0.05, 0.1) is 25.0 Å². The number of nitrogens with two attached hydrogens (primary N) is 1. The lowest BCUT2D eigenvalue weighted by Crippen LogP contribution is -2.60. The molecular formula is C32H44N8O11. The number of aliphatic hydroxyl groups excluding tert-OH is 4. The molecule has 4 rings (SSSR count). The standard InChI is InChI=1S/C32H44N8O11/c1-15(2)10-20(50-31-26(46)25(45)24(44)21(14-41)51-31)29(47)39-32-37-27(33)23-28(38-32)35-12-17(36-23)13-40(3)18-6-4-16(5-7-18)11-34-19(30(48)49)8-9-22(42)43/h4-7,12,15,19-21,24-26,31,34,41,44-46H,8-11,13-14H2,1-3H3,(H,42,43)(H,48,49)(H3,33,35,37,38,39,47)/t19-,20-,21+,24+,25-,26+,31+/m0/s1. The number of rotatable bonds is 17. The number of carbonyl (C=O) groups is 3. The topological polar surface area (TPSA) is 296 Å². The van der Waals surface area contributed by atoms with Crippen LogP contribution in [0, 0.1) is 5.92 Å². The Hall–Kier alpha value is -4.63. The van der Waals surface area contributed by atoms with E-state index in [0.29, 0.717) is 12.2 Å². The number of nitrogen functional groups attached to an aromatic ring is 1. The molecule has 1 aliphatic rings. The number of hydrogen-bond acceptors (Lipinski definition) is 16. The highest BCUT2D eigenvalue weighted by atomic mass is 16.7. The van der Waals surface area contributed by atoms with E-state index in [9.17, 15) is 39.9 Å². The van der Waals surface area contributed by atoms with Crippen molar-refractivity contribution in [3.05, 3.63) is 41.7 Å². The van der Waals surface area contributed by atoms with Crippen molar-refractivity contribution in [2.24, 2.45) is 5.92 Å². The van der Waals surface area contributed by atoms with Gasteiger partial charge in [-0.25, -0.2) is 9.97 Å². The van der Waals surface area contributed by atoms with Gasteiger partial charge in [-0.3, -0.25) is 19.7 Å². The minimum absolute atomic E-state index is 0.0357. The smallest absolute Gasteiger partial charge is 0.320 e. The highest BCUT2D eigenvalue weighted by Crippen LogP contribution is 2.25. The minimum Gasteiger partial charge on any atom is -0.481 e. The fourth-order valence-corrected chi connectivity index (χ4v) is 5.31. The Morgan fingerprint density at radius 3 is 2.37 bits per heavy atom. The number of nitrogens with zero attached hydrogens (tertiary/aromatic N) is 5. The van der Waals surface area contributed by atoms with Gasteiger partial charge in [0, 0.05) is 25.7 Å². The van der Waals surface area contributed by atoms with E-state index >= 15 is 0 Å². The third kappa shape index (κ3) is 10.4. The largest absolute Gasteiger partial charge is 0.481 e. The Morgan fingerprint density at radius 1 is 1.04 bits per heavy atom. The van der Waals surface area contributed by atoms with Gasteiger partial charge in [0.1, 0.15) is 36.6 Å². The Kier molecular flexibility index (Phi) is 13.5. The van der Waals surface area contributed by atoms with E-state index < -0.39 is 67.3 Å². The van der Waals surface area contributed by atoms with Crippen LogP contribution in [0.4, 0.5) is 17.5 Å². The van der Waals surface area contributed by atoms with Crippen molar-refractivity contribution in [2.45, 2.75) is 89.1 Å². The van der Waals surface area contributed by atoms with E-state index in [1.54, 1.807) is 0 Å². The first-order valence-corrected chi connectivity index (χ1v) is 16.2. The van der Waals surface area contributed by atoms with Crippen molar-refractivity contribution in [1.82, 2.24) is 25.3 Å². The number of aliphatic hydroxyl groups is 4. The van der Waals surface area contributed by atoms with Crippen LogP contribution in [-0.2, 0) is 36.9 Å². The van der Waals surface area contributed by atoms with E-state index in [1.807, 2.05) is 50.1 Å². The number of carboxylic acid groups (broad SMARTS) is 2. The SMILES string of the molecule is CC(C)C[C@H](O[C@@H]1O[C@H](CO)[C@@H](O)[C@H](O)[C@H]1O)C(=O)Nc1nc(N)c2nc(CN(C)c3ccc(CN[C@@H](CCC(=O)O)C(=O)O)cc3)cnc2n1. The highest BCUT2D eigenvalue weighted by molar-refractivity contribution is 5.94. The number of fused-ring (bicyclic) bond motifs is 1. The van der Waals surface area contributed by atoms with Crippen LogP contribution in [-0.4, -0.2) is 125 Å². The molecule has 2 aromatic heterocycles. The van der Waals surface area contributed by atoms with Gasteiger partial charge in [0.2, 0.25) is 5.95 Å². The van der Waals surface area contributed by atoms with Crippen LogP contribution in [0.15, 0.2) is 30.5 Å². The number of anilines is 3. The molecular weight excluding hydrogens is 672 g/mol. The summed E-state index contributed by atoms with van der Waals surface area (Å²) >= 11 is 0. The first-order valence-electron chi connectivity index (χ1n) is 16.2. The van der Waals surface area contributed by atoms with Crippen molar-refractivity contribution in [1.29, 1.82) is 0 Å². The van der Waals surface area contributed by atoms with Crippen LogP contribution in [0.25, 0.3) is 11.2 Å². The van der Waals surface area contributed by atoms with Crippen LogP contribution in [0.3, 0.4) is 0 Å². The molecule has 0 saturated carbocycles. The van der Waals surface area contributed by atoms with Gasteiger partial charge in [-0.2, -0.15) is 9.97 Å². The molecule has 1 aromatic carbocycles. The first kappa shape index (κ1) is 39.2. The second kappa shape index (κ2) is 17.5. The van der Waals surface area contributed by atoms with E-state index in [-0.39, 0.29) is 54.7 Å². The Balaban J connectivity index is 1.40. The quantitative estimate of drug-likeness (QED) is 0.0827. The zero-order chi connectivity index (χ0) is 37.4. The van der Waals surface area contributed by atoms with Crippen LogP contribution in [0.1, 0.15) is 44.4 Å². The summed E-state index contributed by atoms with van der Waals surface area (Å²) in [7, 11) is 1.84. The number of aliphatic carboxylic acids is 2. The number of nitrogens with one attached hydrogen (secondary N) is 2. The zero-order valence-corrected chi connectivity index (χ0v) is 28.3. The van der Waals surface area contributed by atoms with Gasteiger partial charge in [-0.15, -0.1) is 0 Å². The molecule has 10 N–H and O–H groups in total. The number of carboxylic acids is 2. The zero-order valence-electron chi connectivity index (χ0n) is 28.3.